The third-order valence-corrected chi connectivity index (χ3v) is 5.23. The van der Waals surface area contributed by atoms with Crippen LogP contribution in [0.15, 0.2) is 54.7 Å². The van der Waals surface area contributed by atoms with Crippen LogP contribution in [0, 0.1) is 12.7 Å². The second kappa shape index (κ2) is 7.91. The SMILES string of the molecule is Cc1cccc(C(=O)NCC(=O)N2CC=C(c3c[nH]c4cc(F)ccc34)CC2)c1. The number of rotatable bonds is 4. The van der Waals surface area contributed by atoms with Gasteiger partial charge in [-0.05, 0) is 49.2 Å². The first-order chi connectivity index (χ1) is 14.0. The van der Waals surface area contributed by atoms with E-state index >= 15 is 0 Å². The summed E-state index contributed by atoms with van der Waals surface area (Å²) in [5.41, 5.74) is 4.49. The molecule has 6 heteroatoms. The lowest BCUT2D eigenvalue weighted by Gasteiger charge is -2.26. The summed E-state index contributed by atoms with van der Waals surface area (Å²) >= 11 is 0. The molecule has 3 aromatic rings. The van der Waals surface area contributed by atoms with E-state index in [1.807, 2.05) is 31.3 Å². The quantitative estimate of drug-likeness (QED) is 0.713. The van der Waals surface area contributed by atoms with Crippen LogP contribution in [0.3, 0.4) is 0 Å². The minimum Gasteiger partial charge on any atom is -0.360 e. The van der Waals surface area contributed by atoms with Crippen molar-refractivity contribution < 1.29 is 14.0 Å². The molecule has 0 saturated carbocycles. The minimum atomic E-state index is -0.270. The highest BCUT2D eigenvalue weighted by Crippen LogP contribution is 2.29. The summed E-state index contributed by atoms with van der Waals surface area (Å²) in [4.78, 5) is 29.5. The standard InChI is InChI=1S/C23H22FN3O2/c1-15-3-2-4-17(11-15)23(29)26-14-22(28)27-9-7-16(8-10-27)20-13-25-21-12-18(24)5-6-19(20)21/h2-7,11-13,25H,8-10,14H2,1H3,(H,26,29). The number of carbonyl (C=O) groups excluding carboxylic acids is 2. The van der Waals surface area contributed by atoms with Gasteiger partial charge in [0.1, 0.15) is 5.82 Å². The Bertz CT molecular complexity index is 1120. The molecule has 2 aromatic carbocycles. The Labute approximate surface area is 168 Å². The van der Waals surface area contributed by atoms with Gasteiger partial charge >= 0.3 is 0 Å². The number of nitrogens with one attached hydrogen (secondary N) is 2. The van der Waals surface area contributed by atoms with E-state index in [9.17, 15) is 14.0 Å². The van der Waals surface area contributed by atoms with E-state index in [0.29, 0.717) is 25.1 Å². The van der Waals surface area contributed by atoms with Gasteiger partial charge in [-0.2, -0.15) is 0 Å². The third kappa shape index (κ3) is 4.06. The van der Waals surface area contributed by atoms with Gasteiger partial charge in [0.25, 0.3) is 5.91 Å². The zero-order chi connectivity index (χ0) is 20.4. The molecule has 4 rings (SSSR count). The zero-order valence-electron chi connectivity index (χ0n) is 16.2. The van der Waals surface area contributed by atoms with Crippen LogP contribution < -0.4 is 5.32 Å². The Balaban J connectivity index is 1.37. The smallest absolute Gasteiger partial charge is 0.251 e. The summed E-state index contributed by atoms with van der Waals surface area (Å²) in [6.45, 7) is 2.97. The van der Waals surface area contributed by atoms with Crippen LogP contribution in [-0.4, -0.2) is 41.3 Å². The van der Waals surface area contributed by atoms with Gasteiger partial charge in [-0.1, -0.05) is 23.8 Å². The number of hydrogen-bond acceptors (Lipinski definition) is 2. The van der Waals surface area contributed by atoms with Gasteiger partial charge in [-0.25, -0.2) is 4.39 Å². The fourth-order valence-corrected chi connectivity index (χ4v) is 3.66. The van der Waals surface area contributed by atoms with Gasteiger partial charge in [0.15, 0.2) is 0 Å². The number of benzene rings is 2. The molecular formula is C23H22FN3O2. The molecular weight excluding hydrogens is 369 g/mol. The van der Waals surface area contributed by atoms with E-state index in [4.69, 9.17) is 0 Å². The van der Waals surface area contributed by atoms with Crippen molar-refractivity contribution in [2.24, 2.45) is 0 Å². The van der Waals surface area contributed by atoms with E-state index in [1.165, 1.54) is 12.1 Å². The van der Waals surface area contributed by atoms with E-state index in [0.717, 1.165) is 27.6 Å². The number of aromatic amines is 1. The Morgan fingerprint density at radius 3 is 2.83 bits per heavy atom. The van der Waals surface area contributed by atoms with Gasteiger partial charge < -0.3 is 15.2 Å². The highest BCUT2D eigenvalue weighted by atomic mass is 19.1. The largest absolute Gasteiger partial charge is 0.360 e. The lowest BCUT2D eigenvalue weighted by molar-refractivity contribution is -0.129. The first-order valence-electron chi connectivity index (χ1n) is 9.60. The molecule has 29 heavy (non-hydrogen) atoms. The van der Waals surface area contributed by atoms with Crippen LogP contribution >= 0.6 is 0 Å². The van der Waals surface area contributed by atoms with Crippen LogP contribution in [0.25, 0.3) is 16.5 Å². The summed E-state index contributed by atoms with van der Waals surface area (Å²) in [6.07, 6.45) is 4.62. The van der Waals surface area contributed by atoms with Crippen molar-refractivity contribution in [3.63, 3.8) is 0 Å². The fourth-order valence-electron chi connectivity index (χ4n) is 3.66. The van der Waals surface area contributed by atoms with E-state index < -0.39 is 0 Å². The molecule has 1 aliphatic heterocycles. The van der Waals surface area contributed by atoms with Crippen molar-refractivity contribution in [1.82, 2.24) is 15.2 Å². The molecule has 2 heterocycles. The fraction of sp³-hybridized carbons (Fsp3) is 0.217. The molecule has 0 unspecified atom stereocenters. The first-order valence-corrected chi connectivity index (χ1v) is 9.60. The van der Waals surface area contributed by atoms with Crippen LogP contribution in [-0.2, 0) is 4.79 Å². The Morgan fingerprint density at radius 1 is 1.21 bits per heavy atom. The maximum Gasteiger partial charge on any atom is 0.251 e. The van der Waals surface area contributed by atoms with E-state index in [2.05, 4.69) is 10.3 Å². The number of halogens is 1. The number of aromatic nitrogens is 1. The number of nitrogens with zero attached hydrogens (tertiary/aromatic N) is 1. The van der Waals surface area contributed by atoms with Crippen LogP contribution in [0.1, 0.15) is 27.9 Å². The Morgan fingerprint density at radius 2 is 2.07 bits per heavy atom. The van der Waals surface area contributed by atoms with Gasteiger partial charge in [-0.15, -0.1) is 0 Å². The average Bonchev–Trinajstić information content (AvgIpc) is 3.14. The summed E-state index contributed by atoms with van der Waals surface area (Å²) in [7, 11) is 0. The van der Waals surface area contributed by atoms with Crippen molar-refractivity contribution >= 4 is 28.3 Å². The molecule has 1 aromatic heterocycles. The molecule has 0 fully saturated rings. The van der Waals surface area contributed by atoms with Gasteiger partial charge in [0.2, 0.25) is 5.91 Å². The topological polar surface area (TPSA) is 65.2 Å². The number of hydrogen-bond donors (Lipinski definition) is 2. The number of carbonyl (C=O) groups is 2. The van der Waals surface area contributed by atoms with Gasteiger partial charge in [0.05, 0.1) is 6.54 Å². The van der Waals surface area contributed by atoms with Gasteiger partial charge in [0, 0.05) is 41.3 Å². The van der Waals surface area contributed by atoms with E-state index in [-0.39, 0.29) is 24.2 Å². The highest BCUT2D eigenvalue weighted by Gasteiger charge is 2.20. The maximum absolute atomic E-state index is 13.4. The second-order valence-corrected chi connectivity index (χ2v) is 7.26. The summed E-state index contributed by atoms with van der Waals surface area (Å²) < 4.78 is 13.4. The Hall–Kier alpha value is -3.41. The monoisotopic (exact) mass is 391 g/mol. The Kier molecular flexibility index (Phi) is 5.16. The second-order valence-electron chi connectivity index (χ2n) is 7.26. The molecule has 0 saturated heterocycles. The van der Waals surface area contributed by atoms with Crippen LogP contribution in [0.2, 0.25) is 0 Å². The molecule has 2 N–H and O–H groups in total. The van der Waals surface area contributed by atoms with E-state index in [1.54, 1.807) is 23.1 Å². The molecule has 1 aliphatic rings. The molecule has 0 radical (unpaired) electrons. The van der Waals surface area contributed by atoms with Crippen molar-refractivity contribution in [2.45, 2.75) is 13.3 Å². The molecule has 2 amide bonds. The molecule has 5 nitrogen and oxygen atoms in total. The van der Waals surface area contributed by atoms with Crippen molar-refractivity contribution in [1.29, 1.82) is 0 Å². The summed E-state index contributed by atoms with van der Waals surface area (Å²) in [6, 6.07) is 12.0. The van der Waals surface area contributed by atoms with Crippen molar-refractivity contribution in [2.75, 3.05) is 19.6 Å². The van der Waals surface area contributed by atoms with Crippen molar-refractivity contribution in [3.8, 4) is 0 Å². The maximum atomic E-state index is 13.4. The zero-order valence-corrected chi connectivity index (χ0v) is 16.2. The minimum absolute atomic E-state index is 0.0255. The van der Waals surface area contributed by atoms with Crippen molar-refractivity contribution in [3.05, 3.63) is 77.2 Å². The lowest BCUT2D eigenvalue weighted by Crippen LogP contribution is -2.42. The predicted octanol–water partition coefficient (Wildman–Crippen LogP) is 3.66. The van der Waals surface area contributed by atoms with Crippen LogP contribution in [0.4, 0.5) is 4.39 Å². The number of H-pyrrole nitrogens is 1. The predicted molar refractivity (Wildman–Crippen MR) is 111 cm³/mol. The number of fused-ring (bicyclic) bond motifs is 1. The van der Waals surface area contributed by atoms with Gasteiger partial charge in [-0.3, -0.25) is 9.59 Å². The first kappa shape index (κ1) is 18.9. The lowest BCUT2D eigenvalue weighted by atomic mass is 9.99. The number of amides is 2. The third-order valence-electron chi connectivity index (χ3n) is 5.23. The van der Waals surface area contributed by atoms with Crippen LogP contribution in [0.5, 0.6) is 0 Å². The molecule has 0 bridgehead atoms. The molecule has 0 atom stereocenters. The molecule has 0 spiro atoms. The number of aryl methyl sites for hydroxylation is 1. The molecule has 148 valence electrons. The molecule has 0 aliphatic carbocycles. The highest BCUT2D eigenvalue weighted by molar-refractivity contribution is 5.97. The normalized spacial score (nSPS) is 14.0. The summed E-state index contributed by atoms with van der Waals surface area (Å²) in [5.74, 6) is -0.628. The summed E-state index contributed by atoms with van der Waals surface area (Å²) in [5, 5.41) is 3.67. The average molecular weight is 391 g/mol.